The molecule has 11 aromatic rings. The van der Waals surface area contributed by atoms with Gasteiger partial charge >= 0.3 is 0 Å². The maximum absolute atomic E-state index is 6.30. The fourth-order valence-corrected chi connectivity index (χ4v) is 10.0. The van der Waals surface area contributed by atoms with Gasteiger partial charge in [-0.25, -0.2) is 0 Å². The van der Waals surface area contributed by atoms with E-state index >= 15 is 0 Å². The fourth-order valence-electron chi connectivity index (χ4n) is 10.0. The highest BCUT2D eigenvalue weighted by molar-refractivity contribution is 6.22. The van der Waals surface area contributed by atoms with Crippen molar-refractivity contribution in [3.05, 3.63) is 193 Å². The predicted molar refractivity (Wildman–Crippen MR) is 238 cm³/mol. The fraction of sp³-hybridized carbons (Fsp3) is 0.0545. The summed E-state index contributed by atoms with van der Waals surface area (Å²) >= 11 is 0. The van der Waals surface area contributed by atoms with Gasteiger partial charge < -0.3 is 4.42 Å². The van der Waals surface area contributed by atoms with Gasteiger partial charge in [-0.3, -0.25) is 0 Å². The van der Waals surface area contributed by atoms with Crippen LogP contribution in [0, 0.1) is 0 Å². The number of hydrogen-bond donors (Lipinski definition) is 0. The SMILES string of the molecule is CC1(C)c2cc(-c3c4ccccc4c(-c4cccc(-c5cccc6ccccc56)c4)c4ccccc34)ccc2-c2c1ccc1cc3oc4ccccc4c3cc21. The Balaban J connectivity index is 1.07. The molecule has 1 heteroatoms. The highest BCUT2D eigenvalue weighted by Crippen LogP contribution is 2.54. The molecule has 1 aromatic heterocycles. The Morgan fingerprint density at radius 1 is 0.321 bits per heavy atom. The summed E-state index contributed by atoms with van der Waals surface area (Å²) in [5.41, 5.74) is 14.6. The van der Waals surface area contributed by atoms with Gasteiger partial charge in [-0.05, 0) is 129 Å². The molecular weight excluding hydrogens is 677 g/mol. The zero-order chi connectivity index (χ0) is 37.1. The minimum atomic E-state index is -0.171. The van der Waals surface area contributed by atoms with Crippen LogP contribution in [-0.2, 0) is 5.41 Å². The Morgan fingerprint density at radius 2 is 0.929 bits per heavy atom. The maximum atomic E-state index is 6.30. The van der Waals surface area contributed by atoms with Crippen LogP contribution in [0.2, 0.25) is 0 Å². The van der Waals surface area contributed by atoms with E-state index in [9.17, 15) is 0 Å². The summed E-state index contributed by atoms with van der Waals surface area (Å²) in [4.78, 5) is 0. The van der Waals surface area contributed by atoms with E-state index in [0.717, 1.165) is 16.6 Å². The number of para-hydroxylation sites is 1. The average Bonchev–Trinajstić information content (AvgIpc) is 3.72. The van der Waals surface area contributed by atoms with Gasteiger partial charge in [-0.15, -0.1) is 0 Å². The Kier molecular flexibility index (Phi) is 6.46. The molecule has 0 aliphatic heterocycles. The van der Waals surface area contributed by atoms with Gasteiger partial charge in [0.15, 0.2) is 0 Å². The van der Waals surface area contributed by atoms with Crippen LogP contribution in [0.15, 0.2) is 186 Å². The zero-order valence-corrected chi connectivity index (χ0v) is 31.2. The van der Waals surface area contributed by atoms with Crippen molar-refractivity contribution < 1.29 is 4.42 Å². The molecule has 1 heterocycles. The third-order valence-corrected chi connectivity index (χ3v) is 12.6. The monoisotopic (exact) mass is 712 g/mol. The molecule has 0 saturated heterocycles. The third kappa shape index (κ3) is 4.37. The molecule has 0 N–H and O–H groups in total. The molecule has 12 rings (SSSR count). The smallest absolute Gasteiger partial charge is 0.136 e. The topological polar surface area (TPSA) is 13.1 Å². The van der Waals surface area contributed by atoms with Gasteiger partial charge in [0.2, 0.25) is 0 Å². The van der Waals surface area contributed by atoms with E-state index in [1.54, 1.807) is 0 Å². The molecular formula is C55H36O. The van der Waals surface area contributed by atoms with Crippen LogP contribution in [0.3, 0.4) is 0 Å². The molecule has 262 valence electrons. The quantitative estimate of drug-likeness (QED) is 0.166. The predicted octanol–water partition coefficient (Wildman–Crippen LogP) is 15.5. The molecule has 0 fully saturated rings. The van der Waals surface area contributed by atoms with Gasteiger partial charge in [0.05, 0.1) is 0 Å². The number of fused-ring (bicyclic) bond motifs is 11. The lowest BCUT2D eigenvalue weighted by atomic mass is 9.80. The normalized spacial score (nSPS) is 13.3. The molecule has 1 nitrogen and oxygen atoms in total. The number of hydrogen-bond acceptors (Lipinski definition) is 1. The van der Waals surface area contributed by atoms with Crippen molar-refractivity contribution >= 4 is 65.0 Å². The first kappa shape index (κ1) is 31.4. The van der Waals surface area contributed by atoms with E-state index in [1.807, 2.05) is 6.07 Å². The van der Waals surface area contributed by atoms with Crippen LogP contribution in [-0.4, -0.2) is 0 Å². The van der Waals surface area contributed by atoms with Gasteiger partial charge in [0.1, 0.15) is 11.2 Å². The molecule has 0 unspecified atom stereocenters. The second kappa shape index (κ2) is 11.5. The van der Waals surface area contributed by atoms with Crippen molar-refractivity contribution in [3.8, 4) is 44.5 Å². The van der Waals surface area contributed by atoms with Crippen LogP contribution in [0.1, 0.15) is 25.0 Å². The van der Waals surface area contributed by atoms with Crippen molar-refractivity contribution in [1.29, 1.82) is 0 Å². The van der Waals surface area contributed by atoms with Gasteiger partial charge in [-0.1, -0.05) is 166 Å². The van der Waals surface area contributed by atoms with Gasteiger partial charge in [0, 0.05) is 16.2 Å². The van der Waals surface area contributed by atoms with Crippen LogP contribution in [0.25, 0.3) is 110 Å². The minimum absolute atomic E-state index is 0.171. The van der Waals surface area contributed by atoms with Crippen molar-refractivity contribution in [2.75, 3.05) is 0 Å². The number of benzene rings is 10. The lowest BCUT2D eigenvalue weighted by Crippen LogP contribution is -2.15. The maximum Gasteiger partial charge on any atom is 0.136 e. The Morgan fingerprint density at radius 3 is 1.68 bits per heavy atom. The third-order valence-electron chi connectivity index (χ3n) is 12.6. The van der Waals surface area contributed by atoms with E-state index < -0.39 is 0 Å². The Bertz CT molecular complexity index is 3390. The highest BCUT2D eigenvalue weighted by Gasteiger charge is 2.37. The first-order valence-electron chi connectivity index (χ1n) is 19.6. The molecule has 0 amide bonds. The summed E-state index contributed by atoms with van der Waals surface area (Å²) in [5, 5.41) is 12.4. The standard InChI is InChI=1S/C55H36O/c1-55(2)48-28-26-35-31-51-47(40-18-9-10-24-50(40)56-51)32-46(35)54(48)45-27-25-37(30-49(45)55)53-43-21-7-5-19-41(43)52(42-20-6-8-22-44(42)53)36-16-11-15-34(29-36)39-23-12-14-33-13-3-4-17-38(33)39/h3-32H,1-2H3. The summed E-state index contributed by atoms with van der Waals surface area (Å²) < 4.78 is 6.30. The number of furan rings is 1. The van der Waals surface area contributed by atoms with Crippen LogP contribution in [0.4, 0.5) is 0 Å². The summed E-state index contributed by atoms with van der Waals surface area (Å²) in [5.74, 6) is 0. The van der Waals surface area contributed by atoms with Crippen LogP contribution < -0.4 is 0 Å². The molecule has 56 heavy (non-hydrogen) atoms. The zero-order valence-electron chi connectivity index (χ0n) is 31.2. The molecule has 0 spiro atoms. The Hall–Kier alpha value is -6.96. The van der Waals surface area contributed by atoms with Gasteiger partial charge in [-0.2, -0.15) is 0 Å². The van der Waals surface area contributed by atoms with Crippen LogP contribution >= 0.6 is 0 Å². The molecule has 0 bridgehead atoms. The molecule has 1 aliphatic carbocycles. The average molecular weight is 713 g/mol. The van der Waals surface area contributed by atoms with Crippen LogP contribution in [0.5, 0.6) is 0 Å². The van der Waals surface area contributed by atoms with Crippen molar-refractivity contribution in [2.45, 2.75) is 19.3 Å². The first-order chi connectivity index (χ1) is 27.5. The summed E-state index contributed by atoms with van der Waals surface area (Å²) in [6, 6.07) is 67.3. The van der Waals surface area contributed by atoms with Gasteiger partial charge in [0.25, 0.3) is 0 Å². The van der Waals surface area contributed by atoms with Crippen molar-refractivity contribution in [3.63, 3.8) is 0 Å². The van der Waals surface area contributed by atoms with E-state index in [2.05, 4.69) is 190 Å². The van der Waals surface area contributed by atoms with Crippen molar-refractivity contribution in [2.24, 2.45) is 0 Å². The molecule has 10 aromatic carbocycles. The second-order valence-electron chi connectivity index (χ2n) is 16.0. The Labute approximate surface area is 325 Å². The van der Waals surface area contributed by atoms with E-state index in [1.165, 1.54) is 104 Å². The molecule has 0 saturated carbocycles. The minimum Gasteiger partial charge on any atom is -0.456 e. The summed E-state index contributed by atoms with van der Waals surface area (Å²) in [6.07, 6.45) is 0. The summed E-state index contributed by atoms with van der Waals surface area (Å²) in [6.45, 7) is 4.78. The van der Waals surface area contributed by atoms with Crippen molar-refractivity contribution in [1.82, 2.24) is 0 Å². The second-order valence-corrected chi connectivity index (χ2v) is 16.0. The summed E-state index contributed by atoms with van der Waals surface area (Å²) in [7, 11) is 0. The molecule has 1 aliphatic rings. The van der Waals surface area contributed by atoms with E-state index in [4.69, 9.17) is 4.42 Å². The lowest BCUT2D eigenvalue weighted by molar-refractivity contribution is 0.661. The van der Waals surface area contributed by atoms with E-state index in [0.29, 0.717) is 0 Å². The first-order valence-corrected chi connectivity index (χ1v) is 19.6. The number of rotatable bonds is 3. The molecule has 0 radical (unpaired) electrons. The highest BCUT2D eigenvalue weighted by atomic mass is 16.3. The molecule has 0 atom stereocenters. The lowest BCUT2D eigenvalue weighted by Gasteiger charge is -2.23. The van der Waals surface area contributed by atoms with E-state index in [-0.39, 0.29) is 5.41 Å². The largest absolute Gasteiger partial charge is 0.456 e.